The molecule has 0 heterocycles. The molecule has 0 aliphatic heterocycles. The fourth-order valence-corrected chi connectivity index (χ4v) is 0.889. The van der Waals surface area contributed by atoms with Crippen LogP contribution in [0.1, 0.15) is 13.3 Å². The van der Waals surface area contributed by atoms with Crippen LogP contribution >= 0.6 is 0 Å². The fourth-order valence-electron chi connectivity index (χ4n) is 0.889. The third kappa shape index (κ3) is 24.6. The van der Waals surface area contributed by atoms with Crippen molar-refractivity contribution < 1.29 is 29.4 Å². The van der Waals surface area contributed by atoms with Gasteiger partial charge in [-0.15, -0.1) is 0 Å². The minimum absolute atomic E-state index is 0.282. The van der Waals surface area contributed by atoms with Gasteiger partial charge in [0.15, 0.2) is 0 Å². The summed E-state index contributed by atoms with van der Waals surface area (Å²) >= 11 is 0. The van der Waals surface area contributed by atoms with E-state index in [4.69, 9.17) is 15.0 Å². The highest BCUT2D eigenvalue weighted by molar-refractivity contribution is 5.64. The third-order valence-corrected chi connectivity index (χ3v) is 1.16. The summed E-state index contributed by atoms with van der Waals surface area (Å²) in [7, 11) is 5.66. The lowest BCUT2D eigenvalue weighted by atomic mass is 10.2. The zero-order chi connectivity index (χ0) is 12.6. The Bertz CT molecular complexity index is 205. The molecule has 0 unspecified atom stereocenters. The van der Waals surface area contributed by atoms with Gasteiger partial charge in [-0.3, -0.25) is 4.79 Å². The number of aliphatic carboxylic acids is 2. The van der Waals surface area contributed by atoms with Crippen molar-refractivity contribution in [2.75, 3.05) is 27.7 Å². The first-order chi connectivity index (χ1) is 6.54. The molecule has 0 aromatic rings. The first kappa shape index (κ1) is 16.3. The van der Waals surface area contributed by atoms with Crippen LogP contribution < -0.4 is 5.11 Å². The van der Waals surface area contributed by atoms with Crippen LogP contribution in [0, 0.1) is 0 Å². The Hall–Kier alpha value is -1.14. The molecule has 0 bridgehead atoms. The van der Waals surface area contributed by atoms with Crippen LogP contribution in [0.3, 0.4) is 0 Å². The van der Waals surface area contributed by atoms with Gasteiger partial charge < -0.3 is 24.6 Å². The first-order valence-corrected chi connectivity index (χ1v) is 4.42. The summed E-state index contributed by atoms with van der Waals surface area (Å²) in [6.45, 7) is 1.51. The number of quaternary nitrogens is 1. The largest absolute Gasteiger partial charge is 0.550 e. The Morgan fingerprint density at radius 1 is 1.33 bits per heavy atom. The van der Waals surface area contributed by atoms with E-state index in [1.54, 1.807) is 0 Å². The lowest BCUT2D eigenvalue weighted by Crippen LogP contribution is -2.43. The lowest BCUT2D eigenvalue weighted by Gasteiger charge is -2.26. The maximum Gasteiger partial charge on any atom is 0.300 e. The second-order valence-electron chi connectivity index (χ2n) is 4.22. The average Bonchev–Trinajstić information content (AvgIpc) is 1.76. The smallest absolute Gasteiger partial charge is 0.300 e. The third-order valence-electron chi connectivity index (χ3n) is 1.16. The van der Waals surface area contributed by atoms with E-state index < -0.39 is 18.0 Å². The van der Waals surface area contributed by atoms with Crippen LogP contribution in [-0.4, -0.2) is 60.4 Å². The number of aliphatic hydroxyl groups excluding tert-OH is 1. The minimum atomic E-state index is -1.20. The molecular formula is C9H19NO5. The maximum absolute atomic E-state index is 10.0. The number of nitrogens with zero attached hydrogens (tertiary/aromatic N) is 1. The summed E-state index contributed by atoms with van der Waals surface area (Å²) in [5.74, 6) is -2.04. The Kier molecular flexibility index (Phi) is 7.81. The Morgan fingerprint density at radius 2 is 1.67 bits per heavy atom. The summed E-state index contributed by atoms with van der Waals surface area (Å²) in [6.07, 6.45) is -1.09. The molecule has 0 saturated heterocycles. The molecule has 1 atom stereocenters. The predicted molar refractivity (Wildman–Crippen MR) is 51.8 cm³/mol. The topological polar surface area (TPSA) is 97.7 Å². The van der Waals surface area contributed by atoms with E-state index in [0.717, 1.165) is 6.92 Å². The SMILES string of the molecule is CC(=O)O.C[N+](C)(C)C[C@H](O)CC(=O)[O-]. The molecule has 0 aromatic heterocycles. The number of carboxylic acids is 2. The standard InChI is InChI=1S/C7H15NO3.C2H4O2/c1-8(2,3)5-6(9)4-7(10)11;1-2(3)4/h6,9H,4-5H2,1-3H3;1H3,(H,3,4)/t6-;/m1./s1. The summed E-state index contributed by atoms with van der Waals surface area (Å²) in [4.78, 5) is 19.0. The second kappa shape index (κ2) is 7.19. The number of hydrogen-bond donors (Lipinski definition) is 2. The minimum Gasteiger partial charge on any atom is -0.550 e. The molecule has 0 fully saturated rings. The van der Waals surface area contributed by atoms with Gasteiger partial charge in [0.2, 0.25) is 0 Å². The van der Waals surface area contributed by atoms with Crippen molar-refractivity contribution in [3.63, 3.8) is 0 Å². The van der Waals surface area contributed by atoms with E-state index in [1.807, 2.05) is 21.1 Å². The number of aliphatic hydroxyl groups is 1. The van der Waals surface area contributed by atoms with Gasteiger partial charge in [-0.05, 0) is 0 Å². The number of rotatable bonds is 4. The quantitative estimate of drug-likeness (QED) is 0.550. The molecule has 2 N–H and O–H groups in total. The van der Waals surface area contributed by atoms with Crippen LogP contribution in [0.25, 0.3) is 0 Å². The predicted octanol–water partition coefficient (Wildman–Crippen LogP) is -1.72. The second-order valence-corrected chi connectivity index (χ2v) is 4.22. The number of carbonyl (C=O) groups excluding carboxylic acids is 1. The summed E-state index contributed by atoms with van der Waals surface area (Å²) in [5, 5.41) is 26.6. The highest BCUT2D eigenvalue weighted by Gasteiger charge is 2.14. The Morgan fingerprint density at radius 3 is 1.87 bits per heavy atom. The molecule has 6 nitrogen and oxygen atoms in total. The molecule has 0 radical (unpaired) electrons. The zero-order valence-electron chi connectivity index (χ0n) is 9.56. The molecular weight excluding hydrogens is 202 g/mol. The molecule has 90 valence electrons. The molecule has 0 saturated carbocycles. The van der Waals surface area contributed by atoms with Crippen LogP contribution in [0.15, 0.2) is 0 Å². The normalized spacial score (nSPS) is 12.3. The first-order valence-electron chi connectivity index (χ1n) is 4.42. The lowest BCUT2D eigenvalue weighted by molar-refractivity contribution is -0.873. The number of carbonyl (C=O) groups is 2. The van der Waals surface area contributed by atoms with Crippen molar-refractivity contribution in [1.29, 1.82) is 0 Å². The van der Waals surface area contributed by atoms with Gasteiger partial charge in [0.25, 0.3) is 5.97 Å². The highest BCUT2D eigenvalue weighted by atomic mass is 16.4. The van der Waals surface area contributed by atoms with Crippen LogP contribution in [0.4, 0.5) is 0 Å². The van der Waals surface area contributed by atoms with Gasteiger partial charge in [-0.1, -0.05) is 0 Å². The van der Waals surface area contributed by atoms with Crippen molar-refractivity contribution in [2.45, 2.75) is 19.4 Å². The highest BCUT2D eigenvalue weighted by Crippen LogP contribution is 1.97. The molecule has 15 heavy (non-hydrogen) atoms. The molecule has 0 aromatic carbocycles. The van der Waals surface area contributed by atoms with E-state index in [9.17, 15) is 9.90 Å². The Labute approximate surface area is 89.3 Å². The van der Waals surface area contributed by atoms with Gasteiger partial charge in [-0.2, -0.15) is 0 Å². The molecule has 6 heteroatoms. The maximum atomic E-state index is 10.0. The van der Waals surface area contributed by atoms with Gasteiger partial charge in [0.1, 0.15) is 12.6 Å². The van der Waals surface area contributed by atoms with Crippen molar-refractivity contribution in [3.8, 4) is 0 Å². The molecule has 0 aliphatic rings. The van der Waals surface area contributed by atoms with Crippen molar-refractivity contribution >= 4 is 11.9 Å². The van der Waals surface area contributed by atoms with Gasteiger partial charge in [0, 0.05) is 19.3 Å². The number of carboxylic acid groups (broad SMARTS) is 2. The monoisotopic (exact) mass is 221 g/mol. The van der Waals surface area contributed by atoms with Gasteiger partial charge in [-0.25, -0.2) is 0 Å². The van der Waals surface area contributed by atoms with E-state index in [1.165, 1.54) is 0 Å². The Balaban J connectivity index is 0. The van der Waals surface area contributed by atoms with E-state index >= 15 is 0 Å². The van der Waals surface area contributed by atoms with Crippen LogP contribution in [0.5, 0.6) is 0 Å². The summed E-state index contributed by atoms with van der Waals surface area (Å²) < 4.78 is 0.550. The number of hydrogen-bond acceptors (Lipinski definition) is 4. The van der Waals surface area contributed by atoms with Crippen molar-refractivity contribution in [3.05, 3.63) is 0 Å². The molecule has 0 aliphatic carbocycles. The van der Waals surface area contributed by atoms with Gasteiger partial charge >= 0.3 is 0 Å². The van der Waals surface area contributed by atoms with E-state index in [0.29, 0.717) is 11.0 Å². The average molecular weight is 221 g/mol. The van der Waals surface area contributed by atoms with Crippen molar-refractivity contribution in [2.24, 2.45) is 0 Å². The van der Waals surface area contributed by atoms with Crippen molar-refractivity contribution in [1.82, 2.24) is 0 Å². The summed E-state index contributed by atoms with van der Waals surface area (Å²) in [5.41, 5.74) is 0. The molecule has 0 amide bonds. The van der Waals surface area contributed by atoms with E-state index in [2.05, 4.69) is 0 Å². The van der Waals surface area contributed by atoms with E-state index in [-0.39, 0.29) is 6.42 Å². The summed E-state index contributed by atoms with van der Waals surface area (Å²) in [6, 6.07) is 0. The van der Waals surface area contributed by atoms with Crippen LogP contribution in [-0.2, 0) is 9.59 Å². The van der Waals surface area contributed by atoms with Gasteiger partial charge in [0.05, 0.1) is 21.1 Å². The fraction of sp³-hybridized carbons (Fsp3) is 0.778. The van der Waals surface area contributed by atoms with Crippen LogP contribution in [0.2, 0.25) is 0 Å². The molecule has 0 spiro atoms. The number of likely N-dealkylation sites (N-methyl/N-ethyl adjacent to an activating group) is 1. The zero-order valence-corrected chi connectivity index (χ0v) is 9.56. The molecule has 0 rings (SSSR count).